The lowest BCUT2D eigenvalue weighted by atomic mass is 10.1. The summed E-state index contributed by atoms with van der Waals surface area (Å²) in [4.78, 5) is 1.25. The molecule has 0 spiro atoms. The van der Waals surface area contributed by atoms with E-state index in [1.807, 2.05) is 25.3 Å². The number of aryl methyl sites for hydroxylation is 1. The van der Waals surface area contributed by atoms with E-state index in [1.54, 1.807) is 11.3 Å². The number of nitrogen functional groups attached to an aromatic ring is 1. The quantitative estimate of drug-likeness (QED) is 0.646. The Kier molecular flexibility index (Phi) is 4.11. The highest BCUT2D eigenvalue weighted by Gasteiger charge is 2.14. The molecule has 0 radical (unpaired) electrons. The maximum absolute atomic E-state index is 7.62. The normalized spacial score (nSPS) is 10.4. The smallest absolute Gasteiger partial charge is 0.244 e. The predicted molar refractivity (Wildman–Crippen MR) is 76.0 cm³/mol. The number of nitrogens with zero attached hydrogens (tertiary/aromatic N) is 2. The Morgan fingerprint density at radius 1 is 1.42 bits per heavy atom. The molecule has 0 aliphatic carbocycles. The number of ether oxygens (including phenoxy) is 1. The molecule has 0 saturated carbocycles. The van der Waals surface area contributed by atoms with Crippen molar-refractivity contribution in [3.63, 3.8) is 0 Å². The summed E-state index contributed by atoms with van der Waals surface area (Å²) in [6.45, 7) is 4.20. The first kappa shape index (κ1) is 13.5. The highest BCUT2D eigenvalue weighted by atomic mass is 32.1. The molecule has 0 amide bonds. The van der Waals surface area contributed by atoms with Crippen molar-refractivity contribution in [3.8, 4) is 5.88 Å². The van der Waals surface area contributed by atoms with Gasteiger partial charge in [-0.05, 0) is 30.9 Å². The minimum Gasteiger partial charge on any atom is -0.476 e. The number of amidine groups is 1. The van der Waals surface area contributed by atoms with Crippen LogP contribution in [0.3, 0.4) is 0 Å². The van der Waals surface area contributed by atoms with Crippen molar-refractivity contribution in [1.82, 2.24) is 10.2 Å². The fourth-order valence-electron chi connectivity index (χ4n) is 1.71. The van der Waals surface area contributed by atoms with Crippen LogP contribution in [0.5, 0.6) is 5.88 Å². The van der Waals surface area contributed by atoms with Crippen molar-refractivity contribution in [2.45, 2.75) is 20.3 Å². The summed E-state index contributed by atoms with van der Waals surface area (Å²) < 4.78 is 5.62. The number of nitrogens with two attached hydrogens (primary N) is 1. The van der Waals surface area contributed by atoms with Gasteiger partial charge in [0.25, 0.3) is 0 Å². The zero-order valence-electron chi connectivity index (χ0n) is 10.9. The third-order valence-corrected chi connectivity index (χ3v) is 3.80. The second-order valence-electron chi connectivity index (χ2n) is 4.18. The van der Waals surface area contributed by atoms with Crippen LogP contribution in [0.15, 0.2) is 17.5 Å². The average molecular weight is 276 g/mol. The number of hydrogen-bond donors (Lipinski definition) is 2. The fourth-order valence-corrected chi connectivity index (χ4v) is 2.40. The molecule has 100 valence electrons. The zero-order valence-corrected chi connectivity index (χ0v) is 11.8. The zero-order chi connectivity index (χ0) is 13.8. The van der Waals surface area contributed by atoms with Gasteiger partial charge in [0.15, 0.2) is 0 Å². The summed E-state index contributed by atoms with van der Waals surface area (Å²) in [5.74, 6) is 0.300. The Balaban J connectivity index is 2.11. The van der Waals surface area contributed by atoms with Crippen LogP contribution in [0.2, 0.25) is 0 Å². The van der Waals surface area contributed by atoms with Crippen molar-refractivity contribution in [1.29, 1.82) is 5.41 Å². The Labute approximate surface area is 116 Å². The van der Waals surface area contributed by atoms with Gasteiger partial charge in [0.05, 0.1) is 17.9 Å². The van der Waals surface area contributed by atoms with E-state index >= 15 is 0 Å². The number of thiophene rings is 1. The average Bonchev–Trinajstić information content (AvgIpc) is 2.86. The van der Waals surface area contributed by atoms with Crippen LogP contribution < -0.4 is 10.5 Å². The van der Waals surface area contributed by atoms with E-state index in [4.69, 9.17) is 15.9 Å². The lowest BCUT2D eigenvalue weighted by Gasteiger charge is -2.12. The van der Waals surface area contributed by atoms with Crippen LogP contribution in [0.25, 0.3) is 0 Å². The third-order valence-electron chi connectivity index (χ3n) is 2.86. The summed E-state index contributed by atoms with van der Waals surface area (Å²) in [6, 6.07) is 4.07. The molecule has 0 aliphatic rings. The monoisotopic (exact) mass is 276 g/mol. The van der Waals surface area contributed by atoms with Crippen LogP contribution in [-0.4, -0.2) is 22.6 Å². The molecule has 0 fully saturated rings. The fraction of sp³-hybridized carbons (Fsp3) is 0.308. The Morgan fingerprint density at radius 2 is 2.21 bits per heavy atom. The minimum absolute atomic E-state index is 0.0402. The van der Waals surface area contributed by atoms with Crippen LogP contribution >= 0.6 is 11.3 Å². The second-order valence-corrected chi connectivity index (χ2v) is 5.21. The summed E-state index contributed by atoms with van der Waals surface area (Å²) in [7, 11) is 0. The van der Waals surface area contributed by atoms with Gasteiger partial charge >= 0.3 is 0 Å². The summed E-state index contributed by atoms with van der Waals surface area (Å²) >= 11 is 1.69. The van der Waals surface area contributed by atoms with E-state index in [1.165, 1.54) is 4.88 Å². The lowest BCUT2D eigenvalue weighted by molar-refractivity contribution is 0.305. The van der Waals surface area contributed by atoms with Crippen molar-refractivity contribution in [2.75, 3.05) is 6.61 Å². The Bertz CT molecular complexity index is 581. The summed E-state index contributed by atoms with van der Waals surface area (Å²) in [5.41, 5.74) is 7.73. The highest BCUT2D eigenvalue weighted by molar-refractivity contribution is 7.09. The van der Waals surface area contributed by atoms with Crippen LogP contribution in [0.1, 0.15) is 21.7 Å². The van der Waals surface area contributed by atoms with Crippen molar-refractivity contribution in [3.05, 3.63) is 39.2 Å². The molecule has 0 aromatic carbocycles. The van der Waals surface area contributed by atoms with E-state index in [0.717, 1.165) is 17.7 Å². The predicted octanol–water partition coefficient (Wildman–Crippen LogP) is 2.06. The first-order chi connectivity index (χ1) is 9.09. The summed E-state index contributed by atoms with van der Waals surface area (Å²) in [6.07, 6.45) is 0.809. The molecule has 5 nitrogen and oxygen atoms in total. The first-order valence-corrected chi connectivity index (χ1v) is 6.81. The largest absolute Gasteiger partial charge is 0.476 e. The van der Waals surface area contributed by atoms with Crippen molar-refractivity contribution < 1.29 is 4.74 Å². The van der Waals surface area contributed by atoms with Gasteiger partial charge < -0.3 is 10.5 Å². The molecule has 3 N–H and O–H groups in total. The maximum atomic E-state index is 7.62. The molecule has 2 aromatic rings. The van der Waals surface area contributed by atoms with E-state index in [2.05, 4.69) is 16.3 Å². The van der Waals surface area contributed by atoms with Gasteiger partial charge in [-0.1, -0.05) is 6.07 Å². The molecule has 0 unspecified atom stereocenters. The summed E-state index contributed by atoms with van der Waals surface area (Å²) in [5, 5.41) is 17.7. The molecule has 0 aliphatic heterocycles. The van der Waals surface area contributed by atoms with Gasteiger partial charge in [0.1, 0.15) is 5.84 Å². The molecular formula is C13H16N4OS. The SMILES string of the molecule is Cc1nnc(OCCc2cccs2)c(C(=N)N)c1C. The van der Waals surface area contributed by atoms with Crippen LogP contribution in [-0.2, 0) is 6.42 Å². The van der Waals surface area contributed by atoms with E-state index in [0.29, 0.717) is 18.1 Å². The van der Waals surface area contributed by atoms with Crippen LogP contribution in [0.4, 0.5) is 0 Å². The maximum Gasteiger partial charge on any atom is 0.244 e. The molecule has 2 aromatic heterocycles. The Hall–Kier alpha value is -1.95. The van der Waals surface area contributed by atoms with Gasteiger partial charge in [-0.2, -0.15) is 5.10 Å². The molecule has 6 heteroatoms. The second kappa shape index (κ2) is 5.79. The third kappa shape index (κ3) is 3.08. The first-order valence-electron chi connectivity index (χ1n) is 5.93. The molecular weight excluding hydrogens is 260 g/mol. The number of nitrogens with one attached hydrogen (secondary N) is 1. The highest BCUT2D eigenvalue weighted by Crippen LogP contribution is 2.20. The Morgan fingerprint density at radius 3 is 2.84 bits per heavy atom. The molecule has 19 heavy (non-hydrogen) atoms. The van der Waals surface area contributed by atoms with Gasteiger partial charge in [0.2, 0.25) is 5.88 Å². The topological polar surface area (TPSA) is 84.9 Å². The molecule has 0 saturated heterocycles. The minimum atomic E-state index is -0.0402. The van der Waals surface area contributed by atoms with Gasteiger partial charge in [-0.15, -0.1) is 16.4 Å². The molecule has 2 rings (SSSR count). The molecule has 2 heterocycles. The van der Waals surface area contributed by atoms with E-state index in [9.17, 15) is 0 Å². The molecule has 0 atom stereocenters. The van der Waals surface area contributed by atoms with E-state index in [-0.39, 0.29) is 5.84 Å². The van der Waals surface area contributed by atoms with Crippen molar-refractivity contribution >= 4 is 17.2 Å². The van der Waals surface area contributed by atoms with Crippen molar-refractivity contribution in [2.24, 2.45) is 5.73 Å². The molecule has 0 bridgehead atoms. The van der Waals surface area contributed by atoms with Gasteiger partial charge in [-0.25, -0.2) is 0 Å². The van der Waals surface area contributed by atoms with Gasteiger partial charge in [0, 0.05) is 11.3 Å². The lowest BCUT2D eigenvalue weighted by Crippen LogP contribution is -2.18. The van der Waals surface area contributed by atoms with Gasteiger partial charge in [-0.3, -0.25) is 5.41 Å². The standard InChI is InChI=1S/C13H16N4OS/c1-8-9(2)16-17-13(11(8)12(14)15)18-6-5-10-4-3-7-19-10/h3-4,7H,5-6H2,1-2H3,(H3,14,15). The van der Waals surface area contributed by atoms with E-state index < -0.39 is 0 Å². The van der Waals surface area contributed by atoms with Crippen LogP contribution in [0, 0.1) is 19.3 Å². The number of aromatic nitrogens is 2. The number of rotatable bonds is 5. The number of hydrogen-bond acceptors (Lipinski definition) is 5.